The highest BCUT2D eigenvalue weighted by Gasteiger charge is 2.50. The van der Waals surface area contributed by atoms with Gasteiger partial charge in [-0.3, -0.25) is 4.79 Å². The number of carbonyl (C=O) groups excluding carboxylic acids is 1. The molecule has 0 aliphatic carbocycles. The first-order valence-electron chi connectivity index (χ1n) is 11.2. The SMILES string of the molecule is Cc1cc(C2(c3ccc(N)cc3)C(=O)Nc3cc(Cc4ccccc4Cl)ccc32)cc(C)c1O. The van der Waals surface area contributed by atoms with Crippen molar-refractivity contribution in [2.75, 3.05) is 11.1 Å². The van der Waals surface area contributed by atoms with Gasteiger partial charge in [0.1, 0.15) is 11.2 Å². The van der Waals surface area contributed by atoms with E-state index in [0.29, 0.717) is 12.1 Å². The fourth-order valence-electron chi connectivity index (χ4n) is 4.98. The summed E-state index contributed by atoms with van der Waals surface area (Å²) in [5.41, 5.74) is 12.3. The summed E-state index contributed by atoms with van der Waals surface area (Å²) in [5.74, 6) is 0.108. The van der Waals surface area contributed by atoms with Gasteiger partial charge in [-0.15, -0.1) is 0 Å². The average Bonchev–Trinajstić information content (AvgIpc) is 3.11. The number of hydrogen-bond acceptors (Lipinski definition) is 3. The number of carbonyl (C=O) groups is 1. The number of halogens is 1. The van der Waals surface area contributed by atoms with E-state index in [2.05, 4.69) is 11.4 Å². The maximum absolute atomic E-state index is 13.8. The number of anilines is 2. The number of fused-ring (bicyclic) bond motifs is 1. The highest BCUT2D eigenvalue weighted by atomic mass is 35.5. The summed E-state index contributed by atoms with van der Waals surface area (Å²) in [7, 11) is 0. The zero-order valence-electron chi connectivity index (χ0n) is 19.0. The summed E-state index contributed by atoms with van der Waals surface area (Å²) in [4.78, 5) is 13.8. The van der Waals surface area contributed by atoms with E-state index in [1.54, 1.807) is 0 Å². The van der Waals surface area contributed by atoms with E-state index < -0.39 is 5.41 Å². The molecule has 170 valence electrons. The Bertz CT molecular complexity index is 1410. The molecule has 5 rings (SSSR count). The Hall–Kier alpha value is -3.76. The molecule has 5 heteroatoms. The van der Waals surface area contributed by atoms with Crippen LogP contribution in [-0.4, -0.2) is 11.0 Å². The molecule has 0 radical (unpaired) electrons. The maximum atomic E-state index is 13.8. The Balaban J connectivity index is 1.70. The fraction of sp³-hybridized carbons (Fsp3) is 0.138. The predicted octanol–water partition coefficient (Wildman–Crippen LogP) is 6.12. The molecule has 34 heavy (non-hydrogen) atoms. The van der Waals surface area contributed by atoms with Crippen LogP contribution in [0.3, 0.4) is 0 Å². The molecule has 0 bridgehead atoms. The van der Waals surface area contributed by atoms with Crippen molar-refractivity contribution in [2.24, 2.45) is 0 Å². The molecule has 4 aromatic carbocycles. The topological polar surface area (TPSA) is 75.4 Å². The van der Waals surface area contributed by atoms with E-state index >= 15 is 0 Å². The standard InChI is InChI=1S/C29H25ClN2O2/c1-17-13-22(14-18(2)27(17)33)29(21-8-10-23(31)11-9-21)24-12-7-19(16-26(24)32-28(29)34)15-20-5-3-4-6-25(20)30/h3-14,16,33H,15,31H2,1-2H3,(H,32,34). The van der Waals surface area contributed by atoms with E-state index in [-0.39, 0.29) is 11.7 Å². The Kier molecular flexibility index (Phi) is 5.34. The first kappa shape index (κ1) is 22.1. The Morgan fingerprint density at radius 2 is 1.59 bits per heavy atom. The molecule has 1 heterocycles. The van der Waals surface area contributed by atoms with Gasteiger partial charge in [0.05, 0.1) is 0 Å². The average molecular weight is 469 g/mol. The van der Waals surface area contributed by atoms with Gasteiger partial charge in [0.25, 0.3) is 0 Å². The number of nitrogen functional groups attached to an aromatic ring is 1. The number of rotatable bonds is 4. The smallest absolute Gasteiger partial charge is 0.244 e. The molecule has 4 nitrogen and oxygen atoms in total. The van der Waals surface area contributed by atoms with E-state index in [4.69, 9.17) is 17.3 Å². The molecule has 1 aliphatic rings. The van der Waals surface area contributed by atoms with Crippen molar-refractivity contribution < 1.29 is 9.90 Å². The summed E-state index contributed by atoms with van der Waals surface area (Å²) >= 11 is 6.37. The van der Waals surface area contributed by atoms with Gasteiger partial charge in [-0.1, -0.05) is 66.2 Å². The first-order valence-corrected chi connectivity index (χ1v) is 11.5. The molecule has 1 amide bonds. The summed E-state index contributed by atoms with van der Waals surface area (Å²) in [5, 5.41) is 14.2. The Morgan fingerprint density at radius 1 is 0.912 bits per heavy atom. The van der Waals surface area contributed by atoms with Gasteiger partial charge >= 0.3 is 0 Å². The summed E-state index contributed by atoms with van der Waals surface area (Å²) in [6.07, 6.45) is 0.662. The van der Waals surface area contributed by atoms with Crippen LogP contribution in [0.15, 0.2) is 78.9 Å². The number of nitrogens with two attached hydrogens (primary N) is 1. The second-order valence-corrected chi connectivity index (χ2v) is 9.34. The molecule has 0 saturated carbocycles. The maximum Gasteiger partial charge on any atom is 0.244 e. The number of hydrogen-bond donors (Lipinski definition) is 3. The van der Waals surface area contributed by atoms with Gasteiger partial charge < -0.3 is 16.2 Å². The molecule has 0 aromatic heterocycles. The van der Waals surface area contributed by atoms with Crippen LogP contribution in [0.25, 0.3) is 0 Å². The zero-order chi connectivity index (χ0) is 24.0. The van der Waals surface area contributed by atoms with Crippen LogP contribution in [0.5, 0.6) is 5.75 Å². The van der Waals surface area contributed by atoms with E-state index in [9.17, 15) is 9.90 Å². The van der Waals surface area contributed by atoms with Crippen LogP contribution in [-0.2, 0) is 16.6 Å². The van der Waals surface area contributed by atoms with Crippen molar-refractivity contribution in [1.82, 2.24) is 0 Å². The Labute approximate surface area is 204 Å². The normalized spacial score (nSPS) is 16.9. The molecule has 4 N–H and O–H groups in total. The second kappa shape index (κ2) is 8.23. The third-order valence-corrected chi connectivity index (χ3v) is 7.07. The van der Waals surface area contributed by atoms with Crippen molar-refractivity contribution in [2.45, 2.75) is 25.7 Å². The molecule has 0 saturated heterocycles. The van der Waals surface area contributed by atoms with Crippen LogP contribution in [0.4, 0.5) is 11.4 Å². The monoisotopic (exact) mass is 468 g/mol. The lowest BCUT2D eigenvalue weighted by Gasteiger charge is -2.30. The van der Waals surface area contributed by atoms with Crippen molar-refractivity contribution >= 4 is 28.9 Å². The molecular formula is C29H25ClN2O2. The quantitative estimate of drug-likeness (QED) is 0.316. The van der Waals surface area contributed by atoms with Crippen molar-refractivity contribution in [1.29, 1.82) is 0 Å². The van der Waals surface area contributed by atoms with E-state index in [0.717, 1.165) is 49.7 Å². The minimum Gasteiger partial charge on any atom is -0.507 e. The van der Waals surface area contributed by atoms with Crippen LogP contribution in [0.2, 0.25) is 5.02 Å². The molecule has 1 unspecified atom stereocenters. The molecule has 0 spiro atoms. The number of amides is 1. The highest BCUT2D eigenvalue weighted by Crippen LogP contribution is 2.49. The molecular weight excluding hydrogens is 444 g/mol. The van der Waals surface area contributed by atoms with Gasteiger partial charge in [0, 0.05) is 22.0 Å². The number of aryl methyl sites for hydroxylation is 2. The molecule has 0 fully saturated rings. The van der Waals surface area contributed by atoms with Gasteiger partial charge in [0.15, 0.2) is 0 Å². The first-order chi connectivity index (χ1) is 16.3. The lowest BCUT2D eigenvalue weighted by molar-refractivity contribution is -0.118. The largest absolute Gasteiger partial charge is 0.507 e. The minimum atomic E-state index is -1.06. The number of phenolic OH excluding ortho intramolecular Hbond substituents is 1. The predicted molar refractivity (Wildman–Crippen MR) is 138 cm³/mol. The number of benzene rings is 4. The van der Waals surface area contributed by atoms with Crippen molar-refractivity contribution in [3.63, 3.8) is 0 Å². The third kappa shape index (κ3) is 3.42. The van der Waals surface area contributed by atoms with Crippen molar-refractivity contribution in [3.8, 4) is 5.75 Å². The summed E-state index contributed by atoms with van der Waals surface area (Å²) in [6.45, 7) is 3.70. The Morgan fingerprint density at radius 3 is 2.26 bits per heavy atom. The van der Waals surface area contributed by atoms with Crippen LogP contribution in [0, 0.1) is 13.8 Å². The number of phenols is 1. The lowest BCUT2D eigenvalue weighted by Crippen LogP contribution is -2.37. The van der Waals surface area contributed by atoms with Crippen LogP contribution >= 0.6 is 11.6 Å². The lowest BCUT2D eigenvalue weighted by atomic mass is 9.69. The van der Waals surface area contributed by atoms with Crippen LogP contribution in [0.1, 0.15) is 38.9 Å². The number of aromatic hydroxyl groups is 1. The molecule has 4 aromatic rings. The van der Waals surface area contributed by atoms with Gasteiger partial charge in [0.2, 0.25) is 5.91 Å². The highest BCUT2D eigenvalue weighted by molar-refractivity contribution is 6.31. The fourth-order valence-corrected chi connectivity index (χ4v) is 5.18. The van der Waals surface area contributed by atoms with E-state index in [1.807, 2.05) is 86.6 Å². The summed E-state index contributed by atoms with van der Waals surface area (Å²) in [6, 6.07) is 25.1. The van der Waals surface area contributed by atoms with Crippen LogP contribution < -0.4 is 11.1 Å². The number of nitrogens with one attached hydrogen (secondary N) is 1. The van der Waals surface area contributed by atoms with E-state index in [1.165, 1.54) is 0 Å². The zero-order valence-corrected chi connectivity index (χ0v) is 19.8. The third-order valence-electron chi connectivity index (χ3n) is 6.70. The second-order valence-electron chi connectivity index (χ2n) is 8.93. The van der Waals surface area contributed by atoms with Crippen molar-refractivity contribution in [3.05, 3.63) is 123 Å². The minimum absolute atomic E-state index is 0.133. The molecule has 1 atom stereocenters. The van der Waals surface area contributed by atoms with Gasteiger partial charge in [-0.05, 0) is 77.9 Å². The van der Waals surface area contributed by atoms with Gasteiger partial charge in [-0.2, -0.15) is 0 Å². The molecule has 1 aliphatic heterocycles. The van der Waals surface area contributed by atoms with Gasteiger partial charge in [-0.25, -0.2) is 0 Å². The summed E-state index contributed by atoms with van der Waals surface area (Å²) < 4.78 is 0.